The lowest BCUT2D eigenvalue weighted by molar-refractivity contribution is 0.103. The summed E-state index contributed by atoms with van der Waals surface area (Å²) in [7, 11) is 0. The van der Waals surface area contributed by atoms with Crippen LogP contribution < -0.4 is 0 Å². The summed E-state index contributed by atoms with van der Waals surface area (Å²) in [5, 5.41) is 0. The Morgan fingerprint density at radius 2 is 1.58 bits per heavy atom. The van der Waals surface area contributed by atoms with Crippen LogP contribution in [0.15, 0.2) is 54.6 Å². The van der Waals surface area contributed by atoms with Crippen molar-refractivity contribution in [1.29, 1.82) is 0 Å². The number of ketones is 1. The highest BCUT2D eigenvalue weighted by Crippen LogP contribution is 2.53. The molecule has 0 aromatic heterocycles. The first kappa shape index (κ1) is 16.7. The smallest absolute Gasteiger partial charge is 0.188 e. The largest absolute Gasteiger partial charge is 0.289 e. The molecule has 0 amide bonds. The lowest BCUT2D eigenvalue weighted by atomic mass is 9.71. The molecule has 3 rings (SSSR count). The van der Waals surface area contributed by atoms with Crippen molar-refractivity contribution in [2.45, 2.75) is 51.9 Å². The van der Waals surface area contributed by atoms with E-state index in [1.54, 1.807) is 6.92 Å². The number of Topliss-reactive ketones (excluding diaryl/α,β-unsaturated/α-hetero) is 1. The molecule has 1 nitrogen and oxygen atoms in total. The van der Waals surface area contributed by atoms with E-state index in [2.05, 4.69) is 56.8 Å². The van der Waals surface area contributed by atoms with Gasteiger partial charge >= 0.3 is 0 Å². The Bertz CT molecular complexity index is 791. The van der Waals surface area contributed by atoms with Crippen LogP contribution in [0.2, 0.25) is 0 Å². The van der Waals surface area contributed by atoms with Gasteiger partial charge in [0.15, 0.2) is 5.78 Å². The zero-order valence-corrected chi connectivity index (χ0v) is 15.0. The van der Waals surface area contributed by atoms with Crippen molar-refractivity contribution in [2.75, 3.05) is 0 Å². The summed E-state index contributed by atoms with van der Waals surface area (Å²) in [4.78, 5) is 12.4. The second-order valence-corrected chi connectivity index (χ2v) is 7.00. The van der Waals surface area contributed by atoms with E-state index >= 15 is 0 Å². The summed E-state index contributed by atoms with van der Waals surface area (Å²) in [6, 6.07) is 15.0. The van der Waals surface area contributed by atoms with Gasteiger partial charge in [-0.25, -0.2) is 0 Å². The molecule has 124 valence electrons. The normalized spacial score (nSPS) is 14.1. The van der Waals surface area contributed by atoms with Gasteiger partial charge in [-0.3, -0.25) is 4.79 Å². The van der Waals surface area contributed by atoms with Crippen molar-refractivity contribution in [3.63, 3.8) is 0 Å². The van der Waals surface area contributed by atoms with E-state index < -0.39 is 0 Å². The summed E-state index contributed by atoms with van der Waals surface area (Å²) in [5.41, 5.74) is 6.81. The lowest BCUT2D eigenvalue weighted by Gasteiger charge is -2.32. The van der Waals surface area contributed by atoms with Gasteiger partial charge < -0.3 is 0 Å². The Labute approximate surface area is 145 Å². The molecule has 24 heavy (non-hydrogen) atoms. The monoisotopic (exact) mass is 318 g/mol. The SMILES string of the molecule is C=C(C)C(=O)c1ccc2c(c1)C(CCC)(CCC)c1ccccc1-2. The number of hydrogen-bond acceptors (Lipinski definition) is 1. The van der Waals surface area contributed by atoms with Gasteiger partial charge in [0.25, 0.3) is 0 Å². The third-order valence-electron chi connectivity index (χ3n) is 5.27. The molecule has 0 atom stereocenters. The molecule has 2 aromatic rings. The van der Waals surface area contributed by atoms with Crippen LogP contribution in [0.4, 0.5) is 0 Å². The molecular formula is C23H26O. The second-order valence-electron chi connectivity index (χ2n) is 7.00. The molecule has 1 aliphatic rings. The number of benzene rings is 2. The Morgan fingerprint density at radius 1 is 0.958 bits per heavy atom. The lowest BCUT2D eigenvalue weighted by Crippen LogP contribution is -2.25. The van der Waals surface area contributed by atoms with E-state index in [-0.39, 0.29) is 11.2 Å². The van der Waals surface area contributed by atoms with Crippen LogP contribution in [-0.2, 0) is 5.41 Å². The van der Waals surface area contributed by atoms with Crippen LogP contribution >= 0.6 is 0 Å². The van der Waals surface area contributed by atoms with Crippen molar-refractivity contribution in [3.05, 3.63) is 71.3 Å². The second kappa shape index (κ2) is 6.39. The van der Waals surface area contributed by atoms with Crippen LogP contribution in [0, 0.1) is 0 Å². The van der Waals surface area contributed by atoms with E-state index in [9.17, 15) is 4.79 Å². The molecule has 0 fully saturated rings. The molecule has 1 aliphatic carbocycles. The van der Waals surface area contributed by atoms with Crippen LogP contribution in [0.5, 0.6) is 0 Å². The van der Waals surface area contributed by atoms with Crippen LogP contribution in [-0.4, -0.2) is 5.78 Å². The Balaban J connectivity index is 2.26. The Hall–Kier alpha value is -2.15. The highest BCUT2D eigenvalue weighted by molar-refractivity contribution is 6.08. The summed E-state index contributed by atoms with van der Waals surface area (Å²) in [5.74, 6) is 0.0515. The minimum absolute atomic E-state index is 0.0425. The quantitative estimate of drug-likeness (QED) is 0.450. The van der Waals surface area contributed by atoms with Crippen LogP contribution in [0.25, 0.3) is 11.1 Å². The highest BCUT2D eigenvalue weighted by Gasteiger charge is 2.41. The molecule has 0 radical (unpaired) electrons. The zero-order valence-electron chi connectivity index (χ0n) is 15.0. The van der Waals surface area contributed by atoms with E-state index in [4.69, 9.17) is 0 Å². The molecule has 0 heterocycles. The number of fused-ring (bicyclic) bond motifs is 3. The van der Waals surface area contributed by atoms with Gasteiger partial charge in [0.1, 0.15) is 0 Å². The number of hydrogen-bond donors (Lipinski definition) is 0. The topological polar surface area (TPSA) is 17.1 Å². The molecule has 0 N–H and O–H groups in total. The van der Waals surface area contributed by atoms with Crippen LogP contribution in [0.1, 0.15) is 67.9 Å². The average molecular weight is 318 g/mol. The summed E-state index contributed by atoms with van der Waals surface area (Å²) < 4.78 is 0. The first-order valence-corrected chi connectivity index (χ1v) is 8.99. The molecule has 0 saturated heterocycles. The van der Waals surface area contributed by atoms with Crippen molar-refractivity contribution in [1.82, 2.24) is 0 Å². The molecule has 0 saturated carbocycles. The van der Waals surface area contributed by atoms with Crippen molar-refractivity contribution < 1.29 is 4.79 Å². The number of allylic oxidation sites excluding steroid dienone is 1. The number of carbonyl (C=O) groups is 1. The Kier molecular flexibility index (Phi) is 4.45. The molecule has 0 spiro atoms. The first-order valence-electron chi connectivity index (χ1n) is 8.99. The molecule has 0 unspecified atom stereocenters. The van der Waals surface area contributed by atoms with Gasteiger partial charge in [-0.05, 0) is 53.7 Å². The van der Waals surface area contributed by atoms with Gasteiger partial charge in [0.2, 0.25) is 0 Å². The predicted molar refractivity (Wildman–Crippen MR) is 102 cm³/mol. The van der Waals surface area contributed by atoms with Gasteiger partial charge in [-0.1, -0.05) is 69.7 Å². The fourth-order valence-corrected chi connectivity index (χ4v) is 4.36. The van der Waals surface area contributed by atoms with E-state index in [1.165, 1.54) is 22.3 Å². The summed E-state index contributed by atoms with van der Waals surface area (Å²) >= 11 is 0. The predicted octanol–water partition coefficient (Wildman–Crippen LogP) is 6.31. The standard InChI is InChI=1S/C23H26O/c1-5-13-23(14-6-2)20-10-8-7-9-18(20)19-12-11-17(15-21(19)23)22(24)16(3)4/h7-12,15H,3,5-6,13-14H2,1-2,4H3. The summed E-state index contributed by atoms with van der Waals surface area (Å²) in [6.07, 6.45) is 4.50. The Morgan fingerprint density at radius 3 is 2.21 bits per heavy atom. The van der Waals surface area contributed by atoms with Gasteiger partial charge in [-0.2, -0.15) is 0 Å². The molecule has 0 bridgehead atoms. The minimum atomic E-state index is 0.0425. The van der Waals surface area contributed by atoms with Gasteiger partial charge in [0, 0.05) is 11.0 Å². The minimum Gasteiger partial charge on any atom is -0.289 e. The van der Waals surface area contributed by atoms with Crippen molar-refractivity contribution in [3.8, 4) is 11.1 Å². The number of carbonyl (C=O) groups excluding carboxylic acids is 1. The van der Waals surface area contributed by atoms with Gasteiger partial charge in [-0.15, -0.1) is 0 Å². The van der Waals surface area contributed by atoms with Crippen molar-refractivity contribution in [2.24, 2.45) is 0 Å². The van der Waals surface area contributed by atoms with E-state index in [0.29, 0.717) is 5.57 Å². The third kappa shape index (κ3) is 2.43. The fraction of sp³-hybridized carbons (Fsp3) is 0.348. The maximum absolute atomic E-state index is 12.4. The number of rotatable bonds is 6. The first-order chi connectivity index (χ1) is 11.5. The summed E-state index contributed by atoms with van der Waals surface area (Å²) in [6.45, 7) is 10.1. The fourth-order valence-electron chi connectivity index (χ4n) is 4.36. The maximum Gasteiger partial charge on any atom is 0.188 e. The third-order valence-corrected chi connectivity index (χ3v) is 5.27. The molecular weight excluding hydrogens is 292 g/mol. The van der Waals surface area contributed by atoms with E-state index in [0.717, 1.165) is 31.2 Å². The van der Waals surface area contributed by atoms with Gasteiger partial charge in [0.05, 0.1) is 0 Å². The van der Waals surface area contributed by atoms with E-state index in [1.807, 2.05) is 6.07 Å². The zero-order chi connectivity index (χ0) is 17.3. The maximum atomic E-state index is 12.4. The van der Waals surface area contributed by atoms with Crippen LogP contribution in [0.3, 0.4) is 0 Å². The molecule has 1 heteroatoms. The highest BCUT2D eigenvalue weighted by atomic mass is 16.1. The van der Waals surface area contributed by atoms with Crippen molar-refractivity contribution >= 4 is 5.78 Å². The average Bonchev–Trinajstić information content (AvgIpc) is 2.85. The molecule has 0 aliphatic heterocycles. The molecule has 2 aromatic carbocycles.